The van der Waals surface area contributed by atoms with Crippen molar-refractivity contribution in [2.75, 3.05) is 13.6 Å². The molecule has 0 aliphatic rings. The van der Waals surface area contributed by atoms with Crippen LogP contribution in [-0.2, 0) is 14.8 Å². The van der Waals surface area contributed by atoms with Crippen LogP contribution in [-0.4, -0.2) is 39.0 Å². The number of amides is 1. The Bertz CT molecular complexity index is 653. The Balaban J connectivity index is 2.82. The molecule has 0 aromatic heterocycles. The van der Waals surface area contributed by atoms with E-state index < -0.39 is 21.9 Å². The van der Waals surface area contributed by atoms with E-state index in [0.29, 0.717) is 12.0 Å². The first-order valence-corrected chi connectivity index (χ1v) is 8.70. The third-order valence-electron chi connectivity index (χ3n) is 3.28. The molecule has 0 radical (unpaired) electrons. The zero-order valence-electron chi connectivity index (χ0n) is 13.4. The third kappa shape index (κ3) is 5.65. The van der Waals surface area contributed by atoms with Crippen molar-refractivity contribution in [2.24, 2.45) is 11.8 Å². The summed E-state index contributed by atoms with van der Waals surface area (Å²) in [6, 6.07) is 5.42. The molecule has 1 unspecified atom stereocenters. The number of carbonyl (C=O) groups is 2. The highest BCUT2D eigenvalue weighted by Crippen LogP contribution is 2.14. The molecule has 3 N–H and O–H groups in total. The van der Waals surface area contributed by atoms with Crippen LogP contribution in [0.2, 0.25) is 0 Å². The van der Waals surface area contributed by atoms with Crippen LogP contribution in [0.5, 0.6) is 0 Å². The van der Waals surface area contributed by atoms with Crippen LogP contribution in [0.15, 0.2) is 29.2 Å². The van der Waals surface area contributed by atoms with Gasteiger partial charge in [0.05, 0.1) is 10.8 Å². The van der Waals surface area contributed by atoms with E-state index in [1.807, 2.05) is 13.8 Å². The molecule has 0 aliphatic heterocycles. The molecule has 1 aromatic rings. The zero-order valence-corrected chi connectivity index (χ0v) is 14.2. The molecule has 0 spiro atoms. The molecule has 23 heavy (non-hydrogen) atoms. The van der Waals surface area contributed by atoms with Gasteiger partial charge in [0.1, 0.15) is 0 Å². The minimum atomic E-state index is -3.82. The Morgan fingerprint density at radius 1 is 1.17 bits per heavy atom. The Morgan fingerprint density at radius 3 is 2.17 bits per heavy atom. The van der Waals surface area contributed by atoms with Crippen LogP contribution in [0.4, 0.5) is 0 Å². The Morgan fingerprint density at radius 2 is 1.74 bits per heavy atom. The van der Waals surface area contributed by atoms with Gasteiger partial charge in [0, 0.05) is 19.2 Å². The maximum Gasteiger partial charge on any atom is 0.307 e. The van der Waals surface area contributed by atoms with Crippen molar-refractivity contribution in [1.82, 2.24) is 10.0 Å². The largest absolute Gasteiger partial charge is 0.481 e. The SMILES string of the molecule is CNC(=O)c1ccc(S(=O)(=O)NCC(CC(C)C)C(=O)O)cc1. The summed E-state index contributed by atoms with van der Waals surface area (Å²) in [7, 11) is -2.34. The van der Waals surface area contributed by atoms with Crippen molar-refractivity contribution in [3.05, 3.63) is 29.8 Å². The van der Waals surface area contributed by atoms with Gasteiger partial charge in [-0.25, -0.2) is 13.1 Å². The molecule has 0 aliphatic carbocycles. The normalized spacial score (nSPS) is 12.9. The summed E-state index contributed by atoms with van der Waals surface area (Å²) in [5.41, 5.74) is 0.342. The molecular weight excluding hydrogens is 320 g/mol. The van der Waals surface area contributed by atoms with Gasteiger partial charge < -0.3 is 10.4 Å². The average Bonchev–Trinajstić information content (AvgIpc) is 2.50. The number of hydrogen-bond acceptors (Lipinski definition) is 4. The van der Waals surface area contributed by atoms with Crippen LogP contribution in [0.3, 0.4) is 0 Å². The van der Waals surface area contributed by atoms with Crippen molar-refractivity contribution in [1.29, 1.82) is 0 Å². The topological polar surface area (TPSA) is 113 Å². The van der Waals surface area contributed by atoms with E-state index in [1.165, 1.54) is 31.3 Å². The van der Waals surface area contributed by atoms with Crippen molar-refractivity contribution in [3.8, 4) is 0 Å². The smallest absolute Gasteiger partial charge is 0.307 e. The van der Waals surface area contributed by atoms with E-state index in [0.717, 1.165) is 0 Å². The molecule has 0 fully saturated rings. The highest BCUT2D eigenvalue weighted by atomic mass is 32.2. The van der Waals surface area contributed by atoms with Gasteiger partial charge in [-0.1, -0.05) is 13.8 Å². The summed E-state index contributed by atoms with van der Waals surface area (Å²) >= 11 is 0. The third-order valence-corrected chi connectivity index (χ3v) is 4.72. The van der Waals surface area contributed by atoms with Crippen LogP contribution in [0.25, 0.3) is 0 Å². The number of sulfonamides is 1. The fourth-order valence-electron chi connectivity index (χ4n) is 2.06. The number of carbonyl (C=O) groups excluding carboxylic acids is 1. The summed E-state index contributed by atoms with van der Waals surface area (Å²) in [5.74, 6) is -1.98. The highest BCUT2D eigenvalue weighted by Gasteiger charge is 2.22. The summed E-state index contributed by atoms with van der Waals surface area (Å²) in [5, 5.41) is 11.6. The number of aliphatic carboxylic acids is 1. The highest BCUT2D eigenvalue weighted by molar-refractivity contribution is 7.89. The monoisotopic (exact) mass is 342 g/mol. The standard InChI is InChI=1S/C15H22N2O5S/c1-10(2)8-12(15(19)20)9-17-23(21,22)13-6-4-11(5-7-13)14(18)16-3/h4-7,10,12,17H,8-9H2,1-3H3,(H,16,18)(H,19,20). The van der Waals surface area contributed by atoms with Crippen LogP contribution in [0.1, 0.15) is 30.6 Å². The zero-order chi connectivity index (χ0) is 17.6. The minimum Gasteiger partial charge on any atom is -0.481 e. The second-order valence-electron chi connectivity index (χ2n) is 5.62. The minimum absolute atomic E-state index is 0.0150. The van der Waals surface area contributed by atoms with Crippen LogP contribution in [0, 0.1) is 11.8 Å². The number of nitrogens with one attached hydrogen (secondary N) is 2. The maximum atomic E-state index is 12.2. The molecule has 1 atom stereocenters. The fraction of sp³-hybridized carbons (Fsp3) is 0.467. The maximum absolute atomic E-state index is 12.2. The van der Waals surface area contributed by atoms with E-state index in [4.69, 9.17) is 5.11 Å². The van der Waals surface area contributed by atoms with E-state index >= 15 is 0 Å². The number of carboxylic acid groups (broad SMARTS) is 1. The quantitative estimate of drug-likeness (QED) is 0.654. The van der Waals surface area contributed by atoms with Gasteiger partial charge in [-0.05, 0) is 36.6 Å². The molecule has 1 amide bonds. The van der Waals surface area contributed by atoms with E-state index in [9.17, 15) is 18.0 Å². The number of benzene rings is 1. The predicted molar refractivity (Wildman–Crippen MR) is 85.6 cm³/mol. The average molecular weight is 342 g/mol. The van der Waals surface area contributed by atoms with Crippen molar-refractivity contribution in [3.63, 3.8) is 0 Å². The van der Waals surface area contributed by atoms with E-state index in [2.05, 4.69) is 10.0 Å². The molecule has 8 heteroatoms. The first-order valence-electron chi connectivity index (χ1n) is 7.22. The van der Waals surface area contributed by atoms with Gasteiger partial charge in [0.25, 0.3) is 5.91 Å². The molecule has 0 saturated carbocycles. The second-order valence-corrected chi connectivity index (χ2v) is 7.39. The van der Waals surface area contributed by atoms with Gasteiger partial charge in [0.15, 0.2) is 0 Å². The molecule has 0 heterocycles. The molecule has 0 saturated heterocycles. The number of carboxylic acids is 1. The van der Waals surface area contributed by atoms with Crippen molar-refractivity contribution in [2.45, 2.75) is 25.2 Å². The van der Waals surface area contributed by atoms with Gasteiger partial charge in [-0.15, -0.1) is 0 Å². The van der Waals surface area contributed by atoms with Gasteiger partial charge in [-0.3, -0.25) is 9.59 Å². The van der Waals surface area contributed by atoms with E-state index in [-0.39, 0.29) is 23.3 Å². The molecule has 7 nitrogen and oxygen atoms in total. The van der Waals surface area contributed by atoms with Gasteiger partial charge in [-0.2, -0.15) is 0 Å². The molecule has 1 rings (SSSR count). The second kappa shape index (κ2) is 8.07. The summed E-state index contributed by atoms with van der Waals surface area (Å²) in [4.78, 5) is 22.6. The Labute approximate surface area is 136 Å². The molecule has 128 valence electrons. The lowest BCUT2D eigenvalue weighted by atomic mass is 9.98. The fourth-order valence-corrected chi connectivity index (χ4v) is 3.15. The van der Waals surface area contributed by atoms with E-state index in [1.54, 1.807) is 0 Å². The summed E-state index contributed by atoms with van der Waals surface area (Å²) in [6.07, 6.45) is 0.382. The number of hydrogen-bond donors (Lipinski definition) is 3. The van der Waals surface area contributed by atoms with Gasteiger partial charge in [0.2, 0.25) is 10.0 Å². The first-order chi connectivity index (χ1) is 10.7. The van der Waals surface area contributed by atoms with Crippen LogP contribution < -0.4 is 10.0 Å². The van der Waals surface area contributed by atoms with Crippen LogP contribution >= 0.6 is 0 Å². The lowest BCUT2D eigenvalue weighted by molar-refractivity contribution is -0.142. The number of rotatable bonds is 8. The van der Waals surface area contributed by atoms with Crippen molar-refractivity contribution < 1.29 is 23.1 Å². The van der Waals surface area contributed by atoms with Crippen molar-refractivity contribution >= 4 is 21.9 Å². The van der Waals surface area contributed by atoms with Gasteiger partial charge >= 0.3 is 5.97 Å². The molecule has 1 aromatic carbocycles. The predicted octanol–water partition coefficient (Wildman–Crippen LogP) is 1.07. The summed E-state index contributed by atoms with van der Waals surface area (Å²) < 4.78 is 26.7. The lowest BCUT2D eigenvalue weighted by Crippen LogP contribution is -2.33. The lowest BCUT2D eigenvalue weighted by Gasteiger charge is -2.15. The Kier molecular flexibility index (Phi) is 6.71. The first kappa shape index (κ1) is 19.1. The molecular formula is C15H22N2O5S. The Hall–Kier alpha value is -1.93. The summed E-state index contributed by atoms with van der Waals surface area (Å²) in [6.45, 7) is 3.58. The molecule has 0 bridgehead atoms.